The zero-order valence-corrected chi connectivity index (χ0v) is 17.2. The number of carbonyl (C=O) groups excluding carboxylic acids is 2. The molecule has 1 saturated carbocycles. The summed E-state index contributed by atoms with van der Waals surface area (Å²) >= 11 is 11.9. The van der Waals surface area contributed by atoms with Crippen LogP contribution in [0.15, 0.2) is 28.8 Å². The average Bonchev–Trinajstić information content (AvgIpc) is 3.46. The Bertz CT molecular complexity index is 1120. The van der Waals surface area contributed by atoms with E-state index in [1.807, 2.05) is 0 Å². The van der Waals surface area contributed by atoms with Gasteiger partial charge in [-0.05, 0) is 51.0 Å². The van der Waals surface area contributed by atoms with Crippen LogP contribution in [0.5, 0.6) is 0 Å². The maximum Gasteiger partial charge on any atom is 0.339 e. The number of rotatable bonds is 5. The van der Waals surface area contributed by atoms with Gasteiger partial charge >= 0.3 is 5.97 Å². The number of nitrogens with zero attached hydrogens (tertiary/aromatic N) is 2. The monoisotopic (exact) mass is 433 g/mol. The second-order valence-corrected chi connectivity index (χ2v) is 7.82. The Morgan fingerprint density at radius 3 is 2.72 bits per heavy atom. The summed E-state index contributed by atoms with van der Waals surface area (Å²) in [5, 5.41) is 7.75. The molecule has 0 aliphatic heterocycles. The Labute approximate surface area is 176 Å². The molecular formula is C20H17Cl2N3O4. The lowest BCUT2D eigenvalue weighted by molar-refractivity contribution is -0.123. The van der Waals surface area contributed by atoms with Crippen molar-refractivity contribution in [2.24, 2.45) is 0 Å². The van der Waals surface area contributed by atoms with Gasteiger partial charge in [-0.3, -0.25) is 4.79 Å². The van der Waals surface area contributed by atoms with Gasteiger partial charge < -0.3 is 14.6 Å². The smallest absolute Gasteiger partial charge is 0.339 e. The number of ether oxygens (including phenoxy) is 1. The summed E-state index contributed by atoms with van der Waals surface area (Å²) < 4.78 is 10.6. The molecule has 1 aromatic carbocycles. The van der Waals surface area contributed by atoms with E-state index in [0.717, 1.165) is 18.5 Å². The van der Waals surface area contributed by atoms with Crippen molar-refractivity contribution in [3.63, 3.8) is 0 Å². The first-order valence-electron chi connectivity index (χ1n) is 9.07. The molecule has 1 amide bonds. The topological polar surface area (TPSA) is 94.3 Å². The number of fused-ring (bicyclic) bond motifs is 1. The maximum absolute atomic E-state index is 12.8. The van der Waals surface area contributed by atoms with E-state index in [4.69, 9.17) is 32.5 Å². The van der Waals surface area contributed by atoms with Gasteiger partial charge in [0.2, 0.25) is 0 Å². The fraction of sp³-hybridized carbons (Fsp3) is 0.300. The quantitative estimate of drug-likeness (QED) is 0.574. The van der Waals surface area contributed by atoms with Crippen LogP contribution >= 0.6 is 23.2 Å². The molecule has 2 heterocycles. The van der Waals surface area contributed by atoms with Crippen molar-refractivity contribution in [2.45, 2.75) is 38.7 Å². The molecule has 0 bridgehead atoms. The molecule has 2 aromatic heterocycles. The SMILES string of the molecule is Cc1noc2nc(C3CC3)cc(C(=O)O[C@@H](C)C(=O)Nc3ccc(Cl)cc3Cl)c12. The molecule has 4 rings (SSSR count). The largest absolute Gasteiger partial charge is 0.449 e. The van der Waals surface area contributed by atoms with Crippen molar-refractivity contribution in [3.8, 4) is 0 Å². The molecule has 0 spiro atoms. The van der Waals surface area contributed by atoms with Crippen LogP contribution in [0.3, 0.4) is 0 Å². The van der Waals surface area contributed by atoms with Gasteiger partial charge in [0, 0.05) is 16.6 Å². The summed E-state index contributed by atoms with van der Waals surface area (Å²) in [6, 6.07) is 6.39. The van der Waals surface area contributed by atoms with Gasteiger partial charge in [0.15, 0.2) is 6.10 Å². The lowest BCUT2D eigenvalue weighted by Gasteiger charge is -2.15. The van der Waals surface area contributed by atoms with Crippen LogP contribution in [0.1, 0.15) is 47.4 Å². The van der Waals surface area contributed by atoms with Crippen LogP contribution < -0.4 is 5.32 Å². The van der Waals surface area contributed by atoms with E-state index in [9.17, 15) is 9.59 Å². The molecule has 3 aromatic rings. The Kier molecular flexibility index (Phi) is 5.19. The molecular weight excluding hydrogens is 417 g/mol. The highest BCUT2D eigenvalue weighted by Crippen LogP contribution is 2.40. The zero-order valence-electron chi connectivity index (χ0n) is 15.7. The molecule has 1 aliphatic rings. The Morgan fingerprint density at radius 2 is 2.03 bits per heavy atom. The number of hydrogen-bond acceptors (Lipinski definition) is 6. The molecule has 0 radical (unpaired) electrons. The van der Waals surface area contributed by atoms with Crippen LogP contribution in [0.2, 0.25) is 10.0 Å². The highest BCUT2D eigenvalue weighted by Gasteiger charge is 2.30. The van der Waals surface area contributed by atoms with Crippen LogP contribution in [0.4, 0.5) is 5.69 Å². The third-order valence-electron chi connectivity index (χ3n) is 4.69. The Morgan fingerprint density at radius 1 is 1.28 bits per heavy atom. The first kappa shape index (κ1) is 19.7. The number of amides is 1. The molecule has 29 heavy (non-hydrogen) atoms. The molecule has 1 aliphatic carbocycles. The van der Waals surface area contributed by atoms with Crippen LogP contribution in [0, 0.1) is 6.92 Å². The van der Waals surface area contributed by atoms with Crippen molar-refractivity contribution in [1.82, 2.24) is 10.1 Å². The third-order valence-corrected chi connectivity index (χ3v) is 5.24. The first-order chi connectivity index (χ1) is 13.8. The predicted molar refractivity (Wildman–Crippen MR) is 108 cm³/mol. The molecule has 1 atom stereocenters. The molecule has 1 N–H and O–H groups in total. The van der Waals surface area contributed by atoms with Crippen LogP contribution in [-0.2, 0) is 9.53 Å². The summed E-state index contributed by atoms with van der Waals surface area (Å²) in [7, 11) is 0. The fourth-order valence-corrected chi connectivity index (χ4v) is 3.42. The van der Waals surface area contributed by atoms with E-state index < -0.39 is 18.0 Å². The van der Waals surface area contributed by atoms with Gasteiger partial charge in [0.25, 0.3) is 11.6 Å². The fourth-order valence-electron chi connectivity index (χ4n) is 2.97. The highest BCUT2D eigenvalue weighted by molar-refractivity contribution is 6.36. The minimum atomic E-state index is -1.05. The summed E-state index contributed by atoms with van der Waals surface area (Å²) in [4.78, 5) is 29.7. The second-order valence-electron chi connectivity index (χ2n) is 6.98. The summed E-state index contributed by atoms with van der Waals surface area (Å²) in [6.45, 7) is 3.21. The summed E-state index contributed by atoms with van der Waals surface area (Å²) in [5.74, 6) is -0.850. The number of anilines is 1. The standard InChI is InChI=1S/C20H17Cl2N3O4/c1-9-17-13(8-16(11-3-4-11)24-19(17)29-25-9)20(27)28-10(2)18(26)23-15-6-5-12(21)7-14(15)22/h5-8,10-11H,3-4H2,1-2H3,(H,23,26)/t10-/m0/s1. The predicted octanol–water partition coefficient (Wildman–Crippen LogP) is 4.90. The van der Waals surface area contributed by atoms with E-state index in [1.54, 1.807) is 25.1 Å². The lowest BCUT2D eigenvalue weighted by atomic mass is 10.1. The van der Waals surface area contributed by atoms with Gasteiger partial charge in [-0.1, -0.05) is 28.4 Å². The number of carbonyl (C=O) groups is 2. The van der Waals surface area contributed by atoms with Crippen LogP contribution in [-0.4, -0.2) is 28.1 Å². The normalized spacial score (nSPS) is 14.6. The number of nitrogens with one attached hydrogen (secondary N) is 1. The van der Waals surface area contributed by atoms with Gasteiger partial charge in [-0.2, -0.15) is 0 Å². The number of pyridine rings is 1. The van der Waals surface area contributed by atoms with Crippen molar-refractivity contribution >= 4 is 51.9 Å². The van der Waals surface area contributed by atoms with Crippen molar-refractivity contribution in [2.75, 3.05) is 5.32 Å². The molecule has 7 nitrogen and oxygen atoms in total. The number of benzene rings is 1. The van der Waals surface area contributed by atoms with E-state index in [0.29, 0.717) is 39.0 Å². The van der Waals surface area contributed by atoms with E-state index in [-0.39, 0.29) is 5.02 Å². The van der Waals surface area contributed by atoms with Crippen molar-refractivity contribution in [3.05, 3.63) is 51.3 Å². The molecule has 9 heteroatoms. The number of aromatic nitrogens is 2. The van der Waals surface area contributed by atoms with E-state index >= 15 is 0 Å². The van der Waals surface area contributed by atoms with Gasteiger partial charge in [-0.25, -0.2) is 9.78 Å². The number of hydrogen-bond donors (Lipinski definition) is 1. The minimum absolute atomic E-state index is 0.286. The second kappa shape index (κ2) is 7.65. The number of halogens is 2. The average molecular weight is 434 g/mol. The summed E-state index contributed by atoms with van der Waals surface area (Å²) in [6.07, 6.45) is 0.976. The number of esters is 1. The first-order valence-corrected chi connectivity index (χ1v) is 9.83. The van der Waals surface area contributed by atoms with Gasteiger partial charge in [0.1, 0.15) is 0 Å². The van der Waals surface area contributed by atoms with Crippen LogP contribution in [0.25, 0.3) is 11.1 Å². The van der Waals surface area contributed by atoms with E-state index in [1.165, 1.54) is 13.0 Å². The van der Waals surface area contributed by atoms with Gasteiger partial charge in [-0.15, -0.1) is 0 Å². The zero-order chi connectivity index (χ0) is 20.7. The minimum Gasteiger partial charge on any atom is -0.449 e. The summed E-state index contributed by atoms with van der Waals surface area (Å²) in [5.41, 5.74) is 2.27. The van der Waals surface area contributed by atoms with Crippen molar-refractivity contribution < 1.29 is 18.8 Å². The lowest BCUT2D eigenvalue weighted by Crippen LogP contribution is -2.30. The Balaban J connectivity index is 1.54. The highest BCUT2D eigenvalue weighted by atomic mass is 35.5. The van der Waals surface area contributed by atoms with Crippen molar-refractivity contribution in [1.29, 1.82) is 0 Å². The molecule has 1 fully saturated rings. The third kappa shape index (κ3) is 4.06. The van der Waals surface area contributed by atoms with Gasteiger partial charge in [0.05, 0.1) is 27.4 Å². The molecule has 0 saturated heterocycles. The molecule has 0 unspecified atom stereocenters. The number of aryl methyl sites for hydroxylation is 1. The maximum atomic E-state index is 12.8. The molecule has 150 valence electrons. The Hall–Kier alpha value is -2.64. The van der Waals surface area contributed by atoms with E-state index in [2.05, 4.69) is 15.5 Å².